The third kappa shape index (κ3) is 2.83. The van der Waals surface area contributed by atoms with Gasteiger partial charge in [0.25, 0.3) is 0 Å². The summed E-state index contributed by atoms with van der Waals surface area (Å²) >= 11 is 5.92. The Balaban J connectivity index is 1.81. The topological polar surface area (TPSA) is 46.8 Å². The van der Waals surface area contributed by atoms with Crippen LogP contribution in [0.3, 0.4) is 0 Å². The number of aromatic nitrogens is 4. The smallest absolute Gasteiger partial charge is 0.170 e. The van der Waals surface area contributed by atoms with Crippen molar-refractivity contribution in [2.45, 2.75) is 38.8 Å². The van der Waals surface area contributed by atoms with Gasteiger partial charge in [-0.3, -0.25) is 4.90 Å². The van der Waals surface area contributed by atoms with Crippen molar-refractivity contribution < 1.29 is 0 Å². The van der Waals surface area contributed by atoms with Crippen molar-refractivity contribution in [3.05, 3.63) is 35.1 Å². The van der Waals surface area contributed by atoms with Crippen LogP contribution in [0.4, 0.5) is 0 Å². The summed E-state index contributed by atoms with van der Waals surface area (Å²) in [6.07, 6.45) is 3.83. The zero-order valence-corrected chi connectivity index (χ0v) is 12.3. The molecule has 1 aliphatic heterocycles. The Labute approximate surface area is 123 Å². The van der Waals surface area contributed by atoms with E-state index in [1.54, 1.807) is 4.68 Å². The molecule has 1 aromatic heterocycles. The van der Waals surface area contributed by atoms with Gasteiger partial charge in [0.1, 0.15) is 0 Å². The highest BCUT2D eigenvalue weighted by Gasteiger charge is 2.21. The van der Waals surface area contributed by atoms with Gasteiger partial charge in [-0.15, -0.1) is 5.10 Å². The molecule has 1 unspecified atom stereocenters. The number of benzene rings is 1. The number of hydrogen-bond acceptors (Lipinski definition) is 4. The van der Waals surface area contributed by atoms with Crippen LogP contribution >= 0.6 is 11.6 Å². The molecule has 6 heteroatoms. The molecule has 2 aromatic rings. The van der Waals surface area contributed by atoms with Crippen molar-refractivity contribution in [2.24, 2.45) is 0 Å². The van der Waals surface area contributed by atoms with Gasteiger partial charge in [-0.05, 0) is 61.0 Å². The monoisotopic (exact) mass is 291 g/mol. The lowest BCUT2D eigenvalue weighted by Gasteiger charge is -2.32. The van der Waals surface area contributed by atoms with E-state index in [2.05, 4.69) is 27.3 Å². The fourth-order valence-electron chi connectivity index (χ4n) is 2.66. The minimum atomic E-state index is 0.596. The van der Waals surface area contributed by atoms with Gasteiger partial charge in [-0.2, -0.15) is 4.68 Å². The van der Waals surface area contributed by atoms with Crippen LogP contribution in [0.25, 0.3) is 5.69 Å². The average molecular weight is 292 g/mol. The fourth-order valence-corrected chi connectivity index (χ4v) is 2.79. The summed E-state index contributed by atoms with van der Waals surface area (Å²) in [5, 5.41) is 12.8. The molecule has 20 heavy (non-hydrogen) atoms. The number of hydrogen-bond donors (Lipinski definition) is 0. The molecule has 1 saturated heterocycles. The maximum absolute atomic E-state index is 5.92. The maximum Gasteiger partial charge on any atom is 0.170 e. The SMILES string of the molecule is CC1CCCCN1Cc1nnnn1-c1ccc(Cl)cc1. The minimum absolute atomic E-state index is 0.596. The van der Waals surface area contributed by atoms with Crippen LogP contribution in [-0.2, 0) is 6.54 Å². The summed E-state index contributed by atoms with van der Waals surface area (Å²) in [7, 11) is 0. The summed E-state index contributed by atoms with van der Waals surface area (Å²) in [4.78, 5) is 2.45. The molecule has 0 bridgehead atoms. The summed E-state index contributed by atoms with van der Waals surface area (Å²) in [6.45, 7) is 4.18. The van der Waals surface area contributed by atoms with Crippen LogP contribution in [0.5, 0.6) is 0 Å². The van der Waals surface area contributed by atoms with Crippen molar-refractivity contribution >= 4 is 11.6 Å². The van der Waals surface area contributed by atoms with Crippen molar-refractivity contribution in [2.75, 3.05) is 6.54 Å². The van der Waals surface area contributed by atoms with Gasteiger partial charge in [-0.25, -0.2) is 0 Å². The number of tetrazole rings is 1. The summed E-state index contributed by atoms with van der Waals surface area (Å²) in [5.74, 6) is 0.876. The second kappa shape index (κ2) is 5.89. The highest BCUT2D eigenvalue weighted by molar-refractivity contribution is 6.30. The lowest BCUT2D eigenvalue weighted by Crippen LogP contribution is -2.37. The second-order valence-electron chi connectivity index (χ2n) is 5.30. The normalized spacial score (nSPS) is 20.2. The van der Waals surface area contributed by atoms with Gasteiger partial charge in [0.15, 0.2) is 5.82 Å². The van der Waals surface area contributed by atoms with E-state index in [-0.39, 0.29) is 0 Å². The van der Waals surface area contributed by atoms with Crippen molar-refractivity contribution in [1.29, 1.82) is 0 Å². The molecule has 0 N–H and O–H groups in total. The van der Waals surface area contributed by atoms with E-state index in [4.69, 9.17) is 11.6 Å². The third-order valence-electron chi connectivity index (χ3n) is 3.89. The Morgan fingerprint density at radius 3 is 2.80 bits per heavy atom. The molecule has 1 fully saturated rings. The molecule has 0 saturated carbocycles. The van der Waals surface area contributed by atoms with Gasteiger partial charge >= 0.3 is 0 Å². The molecule has 0 amide bonds. The number of nitrogens with zero attached hydrogens (tertiary/aromatic N) is 5. The van der Waals surface area contributed by atoms with Crippen LogP contribution in [0.1, 0.15) is 32.0 Å². The predicted molar refractivity (Wildman–Crippen MR) is 77.9 cm³/mol. The molecule has 1 atom stereocenters. The number of likely N-dealkylation sites (tertiary alicyclic amines) is 1. The molecule has 106 valence electrons. The molecular formula is C14H18ClN5. The fraction of sp³-hybridized carbons (Fsp3) is 0.500. The molecule has 1 aromatic carbocycles. The number of rotatable bonds is 3. The van der Waals surface area contributed by atoms with Gasteiger partial charge < -0.3 is 0 Å². The van der Waals surface area contributed by atoms with Crippen LogP contribution in [0.2, 0.25) is 5.02 Å². The van der Waals surface area contributed by atoms with Gasteiger partial charge in [0.2, 0.25) is 0 Å². The van der Waals surface area contributed by atoms with Gasteiger partial charge in [0, 0.05) is 11.1 Å². The highest BCUT2D eigenvalue weighted by atomic mass is 35.5. The van der Waals surface area contributed by atoms with Crippen LogP contribution in [0, 0.1) is 0 Å². The molecule has 1 aliphatic rings. The van der Waals surface area contributed by atoms with E-state index in [0.29, 0.717) is 11.1 Å². The van der Waals surface area contributed by atoms with E-state index in [0.717, 1.165) is 24.6 Å². The summed E-state index contributed by atoms with van der Waals surface area (Å²) in [6, 6.07) is 8.17. The Morgan fingerprint density at radius 2 is 2.05 bits per heavy atom. The van der Waals surface area contributed by atoms with Crippen molar-refractivity contribution in [1.82, 2.24) is 25.1 Å². The largest absolute Gasteiger partial charge is 0.293 e. The molecule has 5 nitrogen and oxygen atoms in total. The molecule has 2 heterocycles. The van der Waals surface area contributed by atoms with E-state index in [9.17, 15) is 0 Å². The number of halogens is 1. The molecular weight excluding hydrogens is 274 g/mol. The first kappa shape index (κ1) is 13.5. The Bertz CT molecular complexity index is 565. The van der Waals surface area contributed by atoms with E-state index >= 15 is 0 Å². The zero-order chi connectivity index (χ0) is 13.9. The van der Waals surface area contributed by atoms with Gasteiger partial charge in [0.05, 0.1) is 12.2 Å². The Hall–Kier alpha value is -1.46. The first-order valence-electron chi connectivity index (χ1n) is 7.01. The van der Waals surface area contributed by atoms with Crippen LogP contribution < -0.4 is 0 Å². The first-order valence-corrected chi connectivity index (χ1v) is 7.39. The quantitative estimate of drug-likeness (QED) is 0.872. The van der Waals surface area contributed by atoms with Crippen LogP contribution in [0.15, 0.2) is 24.3 Å². The van der Waals surface area contributed by atoms with Crippen molar-refractivity contribution in [3.8, 4) is 5.69 Å². The van der Waals surface area contributed by atoms with E-state index < -0.39 is 0 Å². The molecule has 0 aliphatic carbocycles. The number of piperidine rings is 1. The first-order chi connectivity index (χ1) is 9.74. The van der Waals surface area contributed by atoms with E-state index in [1.165, 1.54) is 19.3 Å². The zero-order valence-electron chi connectivity index (χ0n) is 11.5. The molecule has 3 rings (SSSR count). The minimum Gasteiger partial charge on any atom is -0.293 e. The second-order valence-corrected chi connectivity index (χ2v) is 5.74. The lowest BCUT2D eigenvalue weighted by molar-refractivity contribution is 0.148. The Morgan fingerprint density at radius 1 is 1.25 bits per heavy atom. The van der Waals surface area contributed by atoms with Gasteiger partial charge in [-0.1, -0.05) is 18.0 Å². The van der Waals surface area contributed by atoms with E-state index in [1.807, 2.05) is 24.3 Å². The summed E-state index contributed by atoms with van der Waals surface area (Å²) < 4.78 is 1.79. The molecule has 0 radical (unpaired) electrons. The Kier molecular flexibility index (Phi) is 3.98. The lowest BCUT2D eigenvalue weighted by atomic mass is 10.0. The average Bonchev–Trinajstić information content (AvgIpc) is 2.90. The predicted octanol–water partition coefficient (Wildman–Crippen LogP) is 2.69. The van der Waals surface area contributed by atoms with Crippen LogP contribution in [-0.4, -0.2) is 37.7 Å². The maximum atomic E-state index is 5.92. The molecule has 0 spiro atoms. The standard InChI is InChI=1S/C14H18ClN5/c1-11-4-2-3-9-19(11)10-14-16-17-18-20(14)13-7-5-12(15)6-8-13/h5-8,11H,2-4,9-10H2,1H3. The third-order valence-corrected chi connectivity index (χ3v) is 4.14. The van der Waals surface area contributed by atoms with Crippen molar-refractivity contribution in [3.63, 3.8) is 0 Å². The summed E-state index contributed by atoms with van der Waals surface area (Å²) in [5.41, 5.74) is 0.944. The highest BCUT2D eigenvalue weighted by Crippen LogP contribution is 2.19.